The van der Waals surface area contributed by atoms with Gasteiger partial charge in [0.2, 0.25) is 5.91 Å². The van der Waals surface area contributed by atoms with Crippen LogP contribution >= 0.6 is 27.7 Å². The molecule has 0 radical (unpaired) electrons. The van der Waals surface area contributed by atoms with Crippen molar-refractivity contribution in [2.45, 2.75) is 93.5 Å². The maximum absolute atomic E-state index is 13.4. The molecule has 23 heteroatoms. The molecule has 0 saturated carbocycles. The Kier molecular flexibility index (Phi) is 8.46. The van der Waals surface area contributed by atoms with Crippen LogP contribution in [-0.4, -0.2) is 112 Å². The summed E-state index contributed by atoms with van der Waals surface area (Å²) in [5.41, 5.74) is 22.8. The maximum atomic E-state index is 13.4. The highest BCUT2D eigenvalue weighted by atomic mass is 79.9. The van der Waals surface area contributed by atoms with Gasteiger partial charge in [0.1, 0.15) is 43.2 Å². The minimum Gasteiger partial charge on any atom is -0.382 e. The third kappa shape index (κ3) is 6.00. The first-order valence-electron chi connectivity index (χ1n) is 15.9. The topological polar surface area (TPSA) is 272 Å². The lowest BCUT2D eigenvalue weighted by Gasteiger charge is -2.25. The van der Waals surface area contributed by atoms with Gasteiger partial charge in [-0.3, -0.25) is 13.9 Å². The number of fused-ring (bicyclic) bond motifs is 4. The highest BCUT2D eigenvalue weighted by molar-refractivity contribution is 9.10. The second-order valence-corrected chi connectivity index (χ2v) is 14.8. The summed E-state index contributed by atoms with van der Waals surface area (Å²) in [4.78, 5) is 42.3. The lowest BCUT2D eigenvalue weighted by Crippen LogP contribution is -2.40. The Hall–Kier alpha value is -3.93. The molecule has 0 bridgehead atoms. The highest BCUT2D eigenvalue weighted by Gasteiger charge is 2.58. The summed E-state index contributed by atoms with van der Waals surface area (Å²) in [5.74, 6) is -1.78. The normalized spacial score (nSPS) is 30.5. The predicted octanol–water partition coefficient (Wildman–Crippen LogP) is 1.95. The number of aromatic nitrogens is 8. The average molecular weight is 790 g/mol. The lowest BCUT2D eigenvalue weighted by molar-refractivity contribution is -0.196. The van der Waals surface area contributed by atoms with E-state index in [1.165, 1.54) is 12.7 Å². The van der Waals surface area contributed by atoms with Crippen molar-refractivity contribution in [3.63, 3.8) is 0 Å². The van der Waals surface area contributed by atoms with E-state index in [0.717, 1.165) is 11.8 Å². The van der Waals surface area contributed by atoms with Gasteiger partial charge < -0.3 is 45.2 Å². The van der Waals surface area contributed by atoms with Gasteiger partial charge in [-0.15, -0.1) is 0 Å². The fourth-order valence-electron chi connectivity index (χ4n) is 6.92. The Morgan fingerprint density at radius 3 is 2.10 bits per heavy atom. The number of nitrogen functional groups attached to an aromatic ring is 2. The van der Waals surface area contributed by atoms with Crippen molar-refractivity contribution in [2.24, 2.45) is 5.11 Å². The summed E-state index contributed by atoms with van der Waals surface area (Å²) in [6, 6.07) is 0. The molecule has 8 atom stereocenters. The molecular weight excluding hydrogens is 756 g/mol. The van der Waals surface area contributed by atoms with Crippen LogP contribution in [0.1, 0.15) is 40.2 Å². The van der Waals surface area contributed by atoms with Crippen LogP contribution in [0.15, 0.2) is 27.7 Å². The van der Waals surface area contributed by atoms with E-state index < -0.39 is 60.7 Å². The third-order valence-corrected chi connectivity index (χ3v) is 10.4. The predicted molar refractivity (Wildman–Crippen MR) is 180 cm³/mol. The fraction of sp³-hybridized carbons (Fsp3) is 0.607. The number of rotatable bonds is 9. The Morgan fingerprint density at radius 1 is 0.902 bits per heavy atom. The Balaban J connectivity index is 1.00. The summed E-state index contributed by atoms with van der Waals surface area (Å²) < 4.78 is 41.5. The van der Waals surface area contributed by atoms with Crippen LogP contribution in [0.4, 0.5) is 11.6 Å². The highest BCUT2D eigenvalue weighted by Crippen LogP contribution is 2.47. The molecule has 0 aromatic carbocycles. The van der Waals surface area contributed by atoms with E-state index in [1.54, 1.807) is 23.0 Å². The van der Waals surface area contributed by atoms with Gasteiger partial charge in [-0.1, -0.05) is 16.9 Å². The molecule has 4 aliphatic heterocycles. The summed E-state index contributed by atoms with van der Waals surface area (Å²) >= 11 is 4.65. The van der Waals surface area contributed by atoms with Gasteiger partial charge in [0, 0.05) is 11.5 Å². The van der Waals surface area contributed by atoms with Crippen LogP contribution < -0.4 is 16.8 Å². The van der Waals surface area contributed by atoms with Crippen molar-refractivity contribution in [3.05, 3.63) is 27.8 Å². The monoisotopic (exact) mass is 788 g/mol. The van der Waals surface area contributed by atoms with Crippen molar-refractivity contribution in [2.75, 3.05) is 30.3 Å². The molecule has 2 unspecified atom stereocenters. The zero-order valence-electron chi connectivity index (χ0n) is 27.6. The van der Waals surface area contributed by atoms with Gasteiger partial charge in [-0.2, -0.15) is 0 Å². The van der Waals surface area contributed by atoms with Crippen molar-refractivity contribution in [1.29, 1.82) is 0 Å². The summed E-state index contributed by atoms with van der Waals surface area (Å²) in [7, 11) is 0. The van der Waals surface area contributed by atoms with Crippen LogP contribution in [0.2, 0.25) is 0 Å². The van der Waals surface area contributed by atoms with Gasteiger partial charge in [0.05, 0.1) is 18.4 Å². The number of amides is 1. The van der Waals surface area contributed by atoms with E-state index in [4.69, 9.17) is 45.4 Å². The number of imidazole rings is 2. The first-order chi connectivity index (χ1) is 24.3. The molecule has 0 spiro atoms. The van der Waals surface area contributed by atoms with Crippen LogP contribution in [0.5, 0.6) is 0 Å². The molecule has 4 fully saturated rings. The number of hydrogen-bond donors (Lipinski definition) is 3. The van der Waals surface area contributed by atoms with E-state index in [-0.39, 0.29) is 36.4 Å². The molecular formula is C28H33BrN14O7S. The van der Waals surface area contributed by atoms with Crippen molar-refractivity contribution < 1.29 is 33.2 Å². The smallest absolute Gasteiger partial charge is 0.230 e. The minimum absolute atomic E-state index is 0.0237. The van der Waals surface area contributed by atoms with Gasteiger partial charge in [0.15, 0.2) is 67.9 Å². The molecule has 8 rings (SSSR count). The quantitative estimate of drug-likeness (QED) is 0.0719. The first kappa shape index (κ1) is 34.2. The Morgan fingerprint density at radius 2 is 1.45 bits per heavy atom. The molecule has 21 nitrogen and oxygen atoms in total. The van der Waals surface area contributed by atoms with Crippen LogP contribution in [0.25, 0.3) is 32.8 Å². The van der Waals surface area contributed by atoms with Crippen molar-refractivity contribution >= 4 is 67.6 Å². The Bertz CT molecular complexity index is 2070. The van der Waals surface area contributed by atoms with E-state index in [1.807, 2.05) is 13.8 Å². The second kappa shape index (κ2) is 12.6. The van der Waals surface area contributed by atoms with Crippen molar-refractivity contribution in [3.8, 4) is 0 Å². The van der Waals surface area contributed by atoms with Gasteiger partial charge in [0.25, 0.3) is 0 Å². The molecule has 4 saturated heterocycles. The molecule has 8 heterocycles. The molecule has 1 amide bonds. The SMILES string of the molecule is CC1(C)OC2[C@@H](O1)[C@@H](CN=[N+]=[N-])O[C@H]2n1c(SCC(=O)NC[C@H]2O[C@@H](n3c(Br)nc4c(N)ncnc43)[C@H]3OC(C)(C)OC23)nc2c(N)ncnc21. The van der Waals surface area contributed by atoms with Crippen molar-refractivity contribution in [1.82, 2.24) is 44.4 Å². The standard InChI is InChI=1S/C28H33BrN14O7S/c1-27(2)47-15-10(45-23(17(15)49-27)42-21-13(39-25(42)29)19(30)34-8-36-21)5-33-12(44)7-51-26-40-14-20(31)35-9-37-22(14)43(26)24-18-16(48-28(3,4)50-18)11(46-24)6-38-41-32/h8-11,15-18,23-24H,5-7H2,1-4H3,(H,33,44)(H2,30,34,36)(H2,31,35,37)/t10-,11-,15?,16+,17+,18?,23-,24-/m1/s1. The van der Waals surface area contributed by atoms with E-state index >= 15 is 0 Å². The van der Waals surface area contributed by atoms with E-state index in [9.17, 15) is 4.79 Å². The number of hydrogen-bond acceptors (Lipinski definition) is 17. The van der Waals surface area contributed by atoms with Crippen LogP contribution in [0.3, 0.4) is 0 Å². The third-order valence-electron chi connectivity index (χ3n) is 8.85. The molecule has 270 valence electrons. The largest absolute Gasteiger partial charge is 0.382 e. The Labute approximate surface area is 301 Å². The minimum atomic E-state index is -0.921. The average Bonchev–Trinajstić information content (AvgIpc) is 3.89. The number of nitrogens with zero attached hydrogens (tertiary/aromatic N) is 11. The number of nitrogens with one attached hydrogen (secondary N) is 1. The summed E-state index contributed by atoms with van der Waals surface area (Å²) in [5, 5.41) is 7.05. The molecule has 4 aliphatic rings. The van der Waals surface area contributed by atoms with Gasteiger partial charge >= 0.3 is 0 Å². The molecule has 4 aromatic rings. The van der Waals surface area contributed by atoms with Gasteiger partial charge in [-0.25, -0.2) is 29.9 Å². The first-order valence-corrected chi connectivity index (χ1v) is 17.7. The summed E-state index contributed by atoms with van der Waals surface area (Å²) in [6.45, 7) is 7.36. The van der Waals surface area contributed by atoms with Crippen LogP contribution in [-0.2, 0) is 33.2 Å². The number of halogens is 1. The molecule has 4 aromatic heterocycles. The number of ether oxygens (including phenoxy) is 6. The number of azide groups is 1. The summed E-state index contributed by atoms with van der Waals surface area (Å²) in [6.07, 6.45) is -2.20. The second-order valence-electron chi connectivity index (χ2n) is 13.1. The molecule has 5 N–H and O–H groups in total. The molecule has 51 heavy (non-hydrogen) atoms. The zero-order valence-corrected chi connectivity index (χ0v) is 30.0. The lowest BCUT2D eigenvalue weighted by atomic mass is 10.1. The number of thioether (sulfide) groups is 1. The fourth-order valence-corrected chi connectivity index (χ4v) is 8.32. The van der Waals surface area contributed by atoms with Gasteiger partial charge in [-0.05, 0) is 49.2 Å². The molecule has 0 aliphatic carbocycles. The van der Waals surface area contributed by atoms with E-state index in [0.29, 0.717) is 32.2 Å². The number of carbonyl (C=O) groups is 1. The maximum Gasteiger partial charge on any atom is 0.230 e. The van der Waals surface area contributed by atoms with E-state index in [2.05, 4.69) is 61.2 Å². The zero-order chi connectivity index (χ0) is 35.8. The van der Waals surface area contributed by atoms with Crippen LogP contribution in [0, 0.1) is 0 Å². The number of nitrogens with two attached hydrogens (primary N) is 2. The number of anilines is 2. The number of carbonyl (C=O) groups excluding carboxylic acids is 1.